The topological polar surface area (TPSA) is 140 Å². The minimum atomic E-state index is -3.69. The highest BCUT2D eigenvalue weighted by Crippen LogP contribution is 2.55. The number of amides is 2. The molecule has 1 aliphatic carbocycles. The number of hydrogen-bond donors (Lipinski definition) is 3. The maximum absolute atomic E-state index is 13.3. The Labute approximate surface area is 177 Å². The molecule has 0 unspecified atom stereocenters. The molecule has 0 bridgehead atoms. The molecule has 11 heteroatoms. The summed E-state index contributed by atoms with van der Waals surface area (Å²) in [7, 11) is -2.16. The fraction of sp³-hybridized carbons (Fsp3) is 0.263. The van der Waals surface area contributed by atoms with Gasteiger partial charge >= 0.3 is 6.03 Å². The first kappa shape index (κ1) is 20.2. The van der Waals surface area contributed by atoms with Crippen LogP contribution in [0.3, 0.4) is 0 Å². The molecule has 0 saturated heterocycles. The van der Waals surface area contributed by atoms with Crippen LogP contribution in [0.5, 0.6) is 0 Å². The predicted octanol–water partition coefficient (Wildman–Crippen LogP) is 2.71. The fourth-order valence-corrected chi connectivity index (χ4v) is 6.39. The molecule has 1 aromatic carbocycles. The van der Waals surface area contributed by atoms with Gasteiger partial charge < -0.3 is 16.4 Å². The number of nitrogens with zero attached hydrogens (tertiary/aromatic N) is 3. The summed E-state index contributed by atoms with van der Waals surface area (Å²) < 4.78 is 25.5. The van der Waals surface area contributed by atoms with Gasteiger partial charge in [0, 0.05) is 35.4 Å². The lowest BCUT2D eigenvalue weighted by atomic mass is 10.1. The van der Waals surface area contributed by atoms with Crippen LogP contribution in [-0.4, -0.2) is 36.4 Å². The van der Waals surface area contributed by atoms with Gasteiger partial charge in [-0.1, -0.05) is 0 Å². The molecule has 4 N–H and O–H groups in total. The minimum absolute atomic E-state index is 0.0980. The Morgan fingerprint density at radius 2 is 1.87 bits per heavy atom. The van der Waals surface area contributed by atoms with E-state index in [9.17, 15) is 13.2 Å². The van der Waals surface area contributed by atoms with Crippen molar-refractivity contribution in [2.75, 3.05) is 18.1 Å². The molecule has 2 heterocycles. The third-order valence-corrected chi connectivity index (χ3v) is 8.78. The van der Waals surface area contributed by atoms with Crippen LogP contribution in [0.1, 0.15) is 24.2 Å². The van der Waals surface area contributed by atoms with E-state index in [-0.39, 0.29) is 16.2 Å². The molecule has 0 radical (unpaired) electrons. The zero-order chi connectivity index (χ0) is 21.5. The van der Waals surface area contributed by atoms with Crippen molar-refractivity contribution < 1.29 is 13.2 Å². The van der Waals surface area contributed by atoms with Gasteiger partial charge in [-0.2, -0.15) is 0 Å². The average Bonchev–Trinajstić information content (AvgIpc) is 3.43. The first-order valence-corrected chi connectivity index (χ1v) is 11.5. The van der Waals surface area contributed by atoms with Gasteiger partial charge in [0.15, 0.2) is 5.82 Å². The number of nitrogens with one attached hydrogen (secondary N) is 2. The third kappa shape index (κ3) is 3.50. The normalized spacial score (nSPS) is 14.9. The second-order valence-electron chi connectivity index (χ2n) is 7.04. The molecule has 30 heavy (non-hydrogen) atoms. The molecule has 9 nitrogen and oxygen atoms in total. The van der Waals surface area contributed by atoms with Gasteiger partial charge in [0.05, 0.1) is 5.69 Å². The molecule has 4 rings (SSSR count). The molecule has 1 aliphatic rings. The van der Waals surface area contributed by atoms with Crippen molar-refractivity contribution in [1.82, 2.24) is 20.3 Å². The standard InChI is InChI=1S/C19H20N6O3S2/c1-11-10-29-18(22-11)30(27,28)19(7-8-19)14-9-15(20)25-16(24-14)12-3-5-13(6-4-12)23-17(26)21-2/h3-6,9-10H,7-8H2,1-2H3,(H2,20,24,25)(H2,21,23,26). The fourth-order valence-electron chi connectivity index (χ4n) is 3.12. The highest BCUT2D eigenvalue weighted by Gasteiger charge is 2.59. The van der Waals surface area contributed by atoms with Crippen LogP contribution in [0.15, 0.2) is 40.1 Å². The quantitative estimate of drug-likeness (QED) is 0.549. The predicted molar refractivity (Wildman–Crippen MR) is 115 cm³/mol. The highest BCUT2D eigenvalue weighted by atomic mass is 32.2. The summed E-state index contributed by atoms with van der Waals surface area (Å²) in [6.45, 7) is 1.76. The number of aryl methyl sites for hydroxylation is 1. The lowest BCUT2D eigenvalue weighted by molar-refractivity contribution is 0.254. The van der Waals surface area contributed by atoms with Gasteiger partial charge in [0.2, 0.25) is 14.2 Å². The van der Waals surface area contributed by atoms with E-state index >= 15 is 0 Å². The number of urea groups is 1. The van der Waals surface area contributed by atoms with Crippen LogP contribution < -0.4 is 16.4 Å². The Hall–Kier alpha value is -3.05. The monoisotopic (exact) mass is 444 g/mol. The molecule has 2 aromatic heterocycles. The summed E-state index contributed by atoms with van der Waals surface area (Å²) in [5.41, 5.74) is 8.30. The maximum Gasteiger partial charge on any atom is 0.318 e. The summed E-state index contributed by atoms with van der Waals surface area (Å²) in [6, 6.07) is 8.08. The molecule has 2 amide bonds. The van der Waals surface area contributed by atoms with Crippen LogP contribution >= 0.6 is 11.3 Å². The van der Waals surface area contributed by atoms with E-state index in [2.05, 4.69) is 25.6 Å². The molecule has 156 valence electrons. The van der Waals surface area contributed by atoms with E-state index < -0.39 is 14.6 Å². The van der Waals surface area contributed by atoms with Gasteiger partial charge in [-0.3, -0.25) is 0 Å². The summed E-state index contributed by atoms with van der Waals surface area (Å²) >= 11 is 1.12. The number of anilines is 2. The first-order chi connectivity index (χ1) is 14.2. The number of carbonyl (C=O) groups excluding carboxylic acids is 1. The number of nitrogen functional groups attached to an aromatic ring is 1. The van der Waals surface area contributed by atoms with Crippen molar-refractivity contribution in [3.8, 4) is 11.4 Å². The summed E-state index contributed by atoms with van der Waals surface area (Å²) in [6.07, 6.45) is 0.914. The average molecular weight is 445 g/mol. The number of nitrogens with two attached hydrogens (primary N) is 1. The lowest BCUT2D eigenvalue weighted by Gasteiger charge is -2.15. The second kappa shape index (κ2) is 7.33. The van der Waals surface area contributed by atoms with Crippen LogP contribution in [0, 0.1) is 6.92 Å². The van der Waals surface area contributed by atoms with Crippen LogP contribution in [0.2, 0.25) is 0 Å². The zero-order valence-corrected chi connectivity index (χ0v) is 18.0. The summed E-state index contributed by atoms with van der Waals surface area (Å²) in [4.78, 5) is 24.4. The Morgan fingerprint density at radius 3 is 2.43 bits per heavy atom. The van der Waals surface area contributed by atoms with Crippen molar-refractivity contribution in [1.29, 1.82) is 0 Å². The number of carbonyl (C=O) groups is 1. The van der Waals surface area contributed by atoms with Gasteiger partial charge in [0.1, 0.15) is 10.6 Å². The van der Waals surface area contributed by atoms with Gasteiger partial charge in [0.25, 0.3) is 0 Å². The number of thiazole rings is 1. The van der Waals surface area contributed by atoms with E-state index in [1.54, 1.807) is 36.6 Å². The highest BCUT2D eigenvalue weighted by molar-refractivity contribution is 7.94. The third-order valence-electron chi connectivity index (χ3n) is 4.89. The second-order valence-corrected chi connectivity index (χ2v) is 10.3. The Bertz CT molecular complexity index is 1220. The van der Waals surface area contributed by atoms with E-state index in [4.69, 9.17) is 5.73 Å². The molecular formula is C19H20N6O3S2. The lowest BCUT2D eigenvalue weighted by Crippen LogP contribution is -2.24. The zero-order valence-electron chi connectivity index (χ0n) is 16.3. The van der Waals surface area contributed by atoms with E-state index in [0.29, 0.717) is 41.3 Å². The smallest absolute Gasteiger partial charge is 0.318 e. The van der Waals surface area contributed by atoms with Crippen molar-refractivity contribution in [3.05, 3.63) is 47.1 Å². The molecule has 0 aliphatic heterocycles. The van der Waals surface area contributed by atoms with Crippen LogP contribution in [0.25, 0.3) is 11.4 Å². The van der Waals surface area contributed by atoms with E-state index in [1.165, 1.54) is 13.1 Å². The van der Waals surface area contributed by atoms with Crippen LogP contribution in [0.4, 0.5) is 16.3 Å². The Morgan fingerprint density at radius 1 is 1.17 bits per heavy atom. The van der Waals surface area contributed by atoms with Crippen LogP contribution in [-0.2, 0) is 14.6 Å². The number of sulfone groups is 1. The SMILES string of the molecule is CNC(=O)Nc1ccc(-c2nc(N)cc(C3(S(=O)(=O)c4nc(C)cs4)CC3)n2)cc1. The number of rotatable bonds is 5. The molecule has 3 aromatic rings. The number of benzene rings is 1. The Balaban J connectivity index is 1.70. The van der Waals surface area contributed by atoms with Crippen molar-refractivity contribution in [3.63, 3.8) is 0 Å². The molecule has 1 fully saturated rings. The summed E-state index contributed by atoms with van der Waals surface area (Å²) in [5.74, 6) is 0.521. The van der Waals surface area contributed by atoms with Crippen molar-refractivity contribution >= 4 is 38.7 Å². The maximum atomic E-state index is 13.3. The molecule has 0 atom stereocenters. The van der Waals surface area contributed by atoms with Crippen molar-refractivity contribution in [2.45, 2.75) is 28.9 Å². The summed E-state index contributed by atoms with van der Waals surface area (Å²) in [5, 5.41) is 6.86. The first-order valence-electron chi connectivity index (χ1n) is 9.16. The van der Waals surface area contributed by atoms with E-state index in [0.717, 1.165) is 11.3 Å². The van der Waals surface area contributed by atoms with Crippen molar-refractivity contribution in [2.24, 2.45) is 0 Å². The molecule has 1 saturated carbocycles. The largest absolute Gasteiger partial charge is 0.384 e. The van der Waals surface area contributed by atoms with Gasteiger partial charge in [-0.15, -0.1) is 11.3 Å². The minimum Gasteiger partial charge on any atom is -0.384 e. The van der Waals surface area contributed by atoms with Gasteiger partial charge in [-0.25, -0.2) is 28.2 Å². The molecule has 0 spiro atoms. The Kier molecular flexibility index (Phi) is 4.94. The molecular weight excluding hydrogens is 424 g/mol. The number of aromatic nitrogens is 3. The number of hydrogen-bond acceptors (Lipinski definition) is 8. The van der Waals surface area contributed by atoms with Gasteiger partial charge in [-0.05, 0) is 44.0 Å². The van der Waals surface area contributed by atoms with E-state index in [1.807, 2.05) is 0 Å².